The highest BCUT2D eigenvalue weighted by Gasteiger charge is 2.30. The fraction of sp³-hybridized carbons (Fsp3) is 0.692. The second-order valence-electron chi connectivity index (χ2n) is 5.15. The lowest BCUT2D eigenvalue weighted by atomic mass is 10.1. The maximum Gasteiger partial charge on any atom is 0.304 e. The molecule has 6 nitrogen and oxygen atoms in total. The number of hydrogen-bond donors (Lipinski definition) is 2. The molecule has 2 atom stereocenters. The summed E-state index contributed by atoms with van der Waals surface area (Å²) in [6.45, 7) is 2.32. The van der Waals surface area contributed by atoms with Crippen LogP contribution in [-0.2, 0) is 0 Å². The molecule has 1 unspecified atom stereocenters. The van der Waals surface area contributed by atoms with E-state index in [1.165, 1.54) is 17.4 Å². The Morgan fingerprint density at radius 2 is 2.30 bits per heavy atom. The molecule has 2 N–H and O–H groups in total. The van der Waals surface area contributed by atoms with Crippen LogP contribution in [0.2, 0.25) is 0 Å². The maximum atomic E-state index is 11.2. The van der Waals surface area contributed by atoms with Crippen molar-refractivity contribution in [1.29, 1.82) is 0 Å². The predicted molar refractivity (Wildman–Crippen MR) is 78.3 cm³/mol. The molecule has 7 heteroatoms. The number of thiophene rings is 1. The average molecular weight is 300 g/mol. The van der Waals surface area contributed by atoms with Crippen molar-refractivity contribution < 1.29 is 15.1 Å². The maximum absolute atomic E-state index is 11.2. The van der Waals surface area contributed by atoms with Crippen LogP contribution < -0.4 is 4.90 Å². The molecule has 0 aliphatic carbocycles. The van der Waals surface area contributed by atoms with E-state index < -0.39 is 11.0 Å². The van der Waals surface area contributed by atoms with E-state index in [4.69, 9.17) is 0 Å². The Hall–Kier alpha value is -1.18. The zero-order valence-electron chi connectivity index (χ0n) is 11.5. The Morgan fingerprint density at radius 1 is 1.55 bits per heavy atom. The zero-order valence-corrected chi connectivity index (χ0v) is 12.3. The van der Waals surface area contributed by atoms with Crippen molar-refractivity contribution in [3.63, 3.8) is 0 Å². The zero-order chi connectivity index (χ0) is 14.7. The molecule has 20 heavy (non-hydrogen) atoms. The number of nitro groups is 1. The van der Waals surface area contributed by atoms with E-state index >= 15 is 0 Å². The van der Waals surface area contributed by atoms with E-state index in [2.05, 4.69) is 0 Å². The number of nitrogens with zero attached hydrogens (tertiary/aromatic N) is 2. The van der Waals surface area contributed by atoms with Crippen LogP contribution in [0.15, 0.2) is 6.07 Å². The fourth-order valence-corrected chi connectivity index (χ4v) is 3.73. The van der Waals surface area contributed by atoms with Gasteiger partial charge in [-0.25, -0.2) is 0 Å². The van der Waals surface area contributed by atoms with Crippen molar-refractivity contribution in [3.8, 4) is 0 Å². The molecular formula is C13H20N2O4S. The first-order chi connectivity index (χ1) is 9.54. The largest absolute Gasteiger partial charge is 0.394 e. The van der Waals surface area contributed by atoms with Gasteiger partial charge in [0.1, 0.15) is 0 Å². The summed E-state index contributed by atoms with van der Waals surface area (Å²) in [4.78, 5) is 13.4. The van der Waals surface area contributed by atoms with Gasteiger partial charge < -0.3 is 15.1 Å². The smallest absolute Gasteiger partial charge is 0.304 e. The predicted octanol–water partition coefficient (Wildman–Crippen LogP) is 2.45. The highest BCUT2D eigenvalue weighted by molar-refractivity contribution is 7.16. The molecule has 0 bridgehead atoms. The summed E-state index contributed by atoms with van der Waals surface area (Å²) in [5, 5.41) is 31.0. The lowest BCUT2D eigenvalue weighted by Crippen LogP contribution is -2.37. The standard InChI is InChI=1S/C13H20N2O4S/c1-9(17)12-7-11(15(18)19)13(20-12)14-6-4-2-3-5-10(14)8-16/h7,9-10,16-17H,2-6,8H2,1H3/t9-,10?/m1/s1. The highest BCUT2D eigenvalue weighted by Crippen LogP contribution is 2.42. The quantitative estimate of drug-likeness (QED) is 0.659. The SMILES string of the molecule is C[C@@H](O)c1cc([N+](=O)[O-])c(N2CCCCCC2CO)s1. The molecule has 0 spiro atoms. The second-order valence-corrected chi connectivity index (χ2v) is 6.21. The van der Waals surface area contributed by atoms with Crippen molar-refractivity contribution in [3.05, 3.63) is 21.1 Å². The highest BCUT2D eigenvalue weighted by atomic mass is 32.1. The molecule has 0 amide bonds. The first kappa shape index (κ1) is 15.2. The molecule has 1 fully saturated rings. The molecular weight excluding hydrogens is 280 g/mol. The number of aliphatic hydroxyl groups is 2. The van der Waals surface area contributed by atoms with Crippen LogP contribution in [0.1, 0.15) is 43.6 Å². The molecule has 1 aliphatic heterocycles. The molecule has 0 radical (unpaired) electrons. The van der Waals surface area contributed by atoms with E-state index in [1.54, 1.807) is 6.92 Å². The number of aliphatic hydroxyl groups excluding tert-OH is 2. The van der Waals surface area contributed by atoms with Crippen molar-refractivity contribution in [1.82, 2.24) is 0 Å². The van der Waals surface area contributed by atoms with Crippen LogP contribution in [0.4, 0.5) is 10.7 Å². The molecule has 1 aromatic heterocycles. The van der Waals surface area contributed by atoms with Crippen LogP contribution in [0.25, 0.3) is 0 Å². The van der Waals surface area contributed by atoms with Gasteiger partial charge in [0.15, 0.2) is 5.00 Å². The third kappa shape index (κ3) is 3.11. The van der Waals surface area contributed by atoms with Crippen molar-refractivity contribution in [2.45, 2.75) is 44.8 Å². The van der Waals surface area contributed by atoms with Crippen LogP contribution in [0.3, 0.4) is 0 Å². The van der Waals surface area contributed by atoms with Crippen LogP contribution in [-0.4, -0.2) is 34.3 Å². The van der Waals surface area contributed by atoms with Gasteiger partial charge in [-0.2, -0.15) is 0 Å². The third-order valence-electron chi connectivity index (χ3n) is 3.67. The number of hydrogen-bond acceptors (Lipinski definition) is 6. The molecule has 112 valence electrons. The Kier molecular flexibility index (Phi) is 4.95. The molecule has 0 saturated carbocycles. The molecule has 2 rings (SSSR count). The summed E-state index contributed by atoms with van der Waals surface area (Å²) in [5.74, 6) is 0. The fourth-order valence-electron chi connectivity index (χ4n) is 2.57. The van der Waals surface area contributed by atoms with E-state index in [1.807, 2.05) is 4.90 Å². The number of anilines is 1. The normalized spacial score (nSPS) is 21.6. The number of rotatable bonds is 4. The summed E-state index contributed by atoms with van der Waals surface area (Å²) in [7, 11) is 0. The minimum absolute atomic E-state index is 0.000926. The van der Waals surface area contributed by atoms with Gasteiger partial charge in [-0.1, -0.05) is 12.8 Å². The lowest BCUT2D eigenvalue weighted by molar-refractivity contribution is -0.383. The Bertz CT molecular complexity index is 475. The van der Waals surface area contributed by atoms with E-state index in [9.17, 15) is 20.3 Å². The molecule has 0 aromatic carbocycles. The van der Waals surface area contributed by atoms with Gasteiger partial charge in [0.05, 0.1) is 23.7 Å². The first-order valence-electron chi connectivity index (χ1n) is 6.88. The molecule has 1 saturated heterocycles. The monoisotopic (exact) mass is 300 g/mol. The Morgan fingerprint density at radius 3 is 2.90 bits per heavy atom. The summed E-state index contributed by atoms with van der Waals surface area (Å²) in [6.07, 6.45) is 3.21. The second kappa shape index (κ2) is 6.51. The van der Waals surface area contributed by atoms with Gasteiger partial charge in [0, 0.05) is 17.5 Å². The van der Waals surface area contributed by atoms with E-state index in [0.717, 1.165) is 25.7 Å². The van der Waals surface area contributed by atoms with Crippen molar-refractivity contribution in [2.24, 2.45) is 0 Å². The summed E-state index contributed by atoms with van der Waals surface area (Å²) in [6, 6.07) is 1.38. The summed E-state index contributed by atoms with van der Waals surface area (Å²) in [5.41, 5.74) is 0.0336. The van der Waals surface area contributed by atoms with Crippen LogP contribution in [0, 0.1) is 10.1 Å². The Balaban J connectivity index is 2.39. The molecule has 1 aliphatic rings. The molecule has 2 heterocycles. The van der Waals surface area contributed by atoms with Crippen molar-refractivity contribution >= 4 is 22.0 Å². The first-order valence-corrected chi connectivity index (χ1v) is 7.70. The third-order valence-corrected chi connectivity index (χ3v) is 5.00. The van der Waals surface area contributed by atoms with Gasteiger partial charge in [0.2, 0.25) is 0 Å². The van der Waals surface area contributed by atoms with Gasteiger partial charge in [-0.05, 0) is 19.8 Å². The topological polar surface area (TPSA) is 86.8 Å². The summed E-state index contributed by atoms with van der Waals surface area (Å²) >= 11 is 1.25. The van der Waals surface area contributed by atoms with Gasteiger partial charge in [-0.3, -0.25) is 10.1 Å². The minimum atomic E-state index is -0.716. The summed E-state index contributed by atoms with van der Waals surface area (Å²) < 4.78 is 0. The van der Waals surface area contributed by atoms with Crippen LogP contribution >= 0.6 is 11.3 Å². The minimum Gasteiger partial charge on any atom is -0.394 e. The average Bonchev–Trinajstić information content (AvgIpc) is 2.72. The van der Waals surface area contributed by atoms with Crippen molar-refractivity contribution in [2.75, 3.05) is 18.1 Å². The Labute approximate surface area is 121 Å². The van der Waals surface area contributed by atoms with E-state index in [0.29, 0.717) is 16.4 Å². The van der Waals surface area contributed by atoms with Crippen LogP contribution in [0.5, 0.6) is 0 Å². The molecule has 1 aromatic rings. The van der Waals surface area contributed by atoms with Gasteiger partial charge in [0.25, 0.3) is 0 Å². The van der Waals surface area contributed by atoms with Gasteiger partial charge >= 0.3 is 5.69 Å². The van der Waals surface area contributed by atoms with Gasteiger partial charge in [-0.15, -0.1) is 11.3 Å². The lowest BCUT2D eigenvalue weighted by Gasteiger charge is -2.28. The van der Waals surface area contributed by atoms with E-state index in [-0.39, 0.29) is 18.3 Å².